The summed E-state index contributed by atoms with van der Waals surface area (Å²) in [6.07, 6.45) is 14.9. The summed E-state index contributed by atoms with van der Waals surface area (Å²) >= 11 is 0. The first-order chi connectivity index (χ1) is 19.2. The average Bonchev–Trinajstić information content (AvgIpc) is 2.98. The highest BCUT2D eigenvalue weighted by atomic mass is 15.0. The lowest BCUT2D eigenvalue weighted by Gasteiger charge is -2.15. The van der Waals surface area contributed by atoms with Crippen LogP contribution in [0.4, 0.5) is 0 Å². The standard InChI is InChI=1S/C8H13N3.2C6H14.C5H5N.C4H4N2.3C2H6/c1-8(2,3)4-7-10-5-9-6-11-7;2*1-5-6(2,3)4;1-2-4-6-5-3-1;1-2-5-4-6-3-1;3*1-2/h5-6H,4H2,1-3H3;2*5H2,1-4H3;1-5H;1-4H;3*1-2H3. The van der Waals surface area contributed by atoms with E-state index in [2.05, 4.69) is 106 Å². The summed E-state index contributed by atoms with van der Waals surface area (Å²) < 4.78 is 0. The highest BCUT2D eigenvalue weighted by Crippen LogP contribution is 2.17. The van der Waals surface area contributed by atoms with Gasteiger partial charge in [-0.1, -0.05) is 137 Å². The van der Waals surface area contributed by atoms with Crippen molar-refractivity contribution >= 4 is 0 Å². The van der Waals surface area contributed by atoms with E-state index in [4.69, 9.17) is 0 Å². The minimum atomic E-state index is 0.251. The maximum Gasteiger partial charge on any atom is 0.132 e. The summed E-state index contributed by atoms with van der Waals surface area (Å²) in [6, 6.07) is 7.49. The van der Waals surface area contributed by atoms with Crippen molar-refractivity contribution in [2.24, 2.45) is 16.2 Å². The van der Waals surface area contributed by atoms with Gasteiger partial charge in [0.05, 0.1) is 0 Å². The van der Waals surface area contributed by atoms with Gasteiger partial charge in [-0.05, 0) is 34.4 Å². The fraction of sp³-hybridized carbons (Fsp3) is 0.657. The van der Waals surface area contributed by atoms with E-state index < -0.39 is 0 Å². The van der Waals surface area contributed by atoms with Gasteiger partial charge in [0.25, 0.3) is 0 Å². The number of pyridine rings is 1. The molecule has 3 heterocycles. The van der Waals surface area contributed by atoms with Gasteiger partial charge in [-0.25, -0.2) is 24.9 Å². The summed E-state index contributed by atoms with van der Waals surface area (Å²) in [5.41, 5.74) is 1.33. The molecule has 0 amide bonds. The van der Waals surface area contributed by atoms with Crippen LogP contribution in [0, 0.1) is 16.2 Å². The molecule has 0 fully saturated rings. The molecule has 6 heteroatoms. The number of aromatic nitrogens is 6. The molecule has 6 nitrogen and oxygen atoms in total. The summed E-state index contributed by atoms with van der Waals surface area (Å²) in [5.74, 6) is 0.868. The van der Waals surface area contributed by atoms with Crippen LogP contribution in [0.5, 0.6) is 0 Å². The zero-order valence-electron chi connectivity index (χ0n) is 30.2. The van der Waals surface area contributed by atoms with Crippen LogP contribution in [0.1, 0.15) is 136 Å². The maximum atomic E-state index is 4.04. The van der Waals surface area contributed by atoms with Crippen molar-refractivity contribution in [2.75, 3.05) is 0 Å². The summed E-state index contributed by atoms with van der Waals surface area (Å²) in [7, 11) is 0. The number of nitrogens with zero attached hydrogens (tertiary/aromatic N) is 6. The fourth-order valence-electron chi connectivity index (χ4n) is 1.39. The minimum absolute atomic E-state index is 0.251. The highest BCUT2D eigenvalue weighted by molar-refractivity contribution is 4.88. The summed E-state index contributed by atoms with van der Waals surface area (Å²) in [5, 5.41) is 0. The van der Waals surface area contributed by atoms with Gasteiger partial charge in [0.1, 0.15) is 24.8 Å². The molecular weight excluding hydrogens is 504 g/mol. The van der Waals surface area contributed by atoms with E-state index in [1.165, 1.54) is 31.8 Å². The lowest BCUT2D eigenvalue weighted by molar-refractivity contribution is 0.397. The second-order valence-electron chi connectivity index (χ2n) is 11.5. The smallest absolute Gasteiger partial charge is 0.132 e. The van der Waals surface area contributed by atoms with Crippen LogP contribution < -0.4 is 0 Å². The first-order valence-electron chi connectivity index (χ1n) is 15.4. The van der Waals surface area contributed by atoms with Crippen molar-refractivity contribution in [1.82, 2.24) is 29.9 Å². The first kappa shape index (κ1) is 48.0. The molecule has 0 bridgehead atoms. The lowest BCUT2D eigenvalue weighted by atomic mass is 9.92. The molecule has 0 aliphatic heterocycles. The van der Waals surface area contributed by atoms with Crippen molar-refractivity contribution in [3.63, 3.8) is 0 Å². The van der Waals surface area contributed by atoms with E-state index in [-0.39, 0.29) is 5.41 Å². The predicted octanol–water partition coefficient (Wildman–Crippen LogP) is 11.0. The molecule has 238 valence electrons. The molecule has 0 aliphatic rings. The largest absolute Gasteiger partial charge is 0.265 e. The quantitative estimate of drug-likeness (QED) is 0.288. The SMILES string of the molecule is CC.CC.CC.CC(C)(C)Cc1ncncn1.CCC(C)(C)C.CCC(C)(C)C.c1ccncc1.c1cncnc1. The van der Waals surface area contributed by atoms with Gasteiger partial charge in [-0.15, -0.1) is 0 Å². The molecule has 0 saturated carbocycles. The topological polar surface area (TPSA) is 77.3 Å². The van der Waals surface area contributed by atoms with E-state index >= 15 is 0 Å². The van der Waals surface area contributed by atoms with E-state index in [9.17, 15) is 0 Å². The van der Waals surface area contributed by atoms with Crippen LogP contribution in [0.15, 0.2) is 68.0 Å². The third kappa shape index (κ3) is 58.0. The monoisotopic (exact) mass is 573 g/mol. The Morgan fingerprint density at radius 2 is 0.780 bits per heavy atom. The van der Waals surface area contributed by atoms with Crippen LogP contribution in [0.3, 0.4) is 0 Å². The lowest BCUT2D eigenvalue weighted by Crippen LogP contribution is -2.11. The highest BCUT2D eigenvalue weighted by Gasteiger charge is 2.12. The first-order valence-corrected chi connectivity index (χ1v) is 15.4. The molecule has 0 N–H and O–H groups in total. The van der Waals surface area contributed by atoms with E-state index in [1.54, 1.807) is 30.9 Å². The molecule has 0 saturated heterocycles. The Morgan fingerprint density at radius 3 is 0.951 bits per heavy atom. The van der Waals surface area contributed by atoms with Crippen molar-refractivity contribution in [2.45, 2.75) is 137 Å². The normalized spacial score (nSPS) is 9.39. The van der Waals surface area contributed by atoms with Crippen molar-refractivity contribution in [3.8, 4) is 0 Å². The third-order valence-corrected chi connectivity index (χ3v) is 4.40. The van der Waals surface area contributed by atoms with Crippen LogP contribution in [0.2, 0.25) is 0 Å². The average molecular weight is 573 g/mol. The molecule has 3 aromatic heterocycles. The second kappa shape index (κ2) is 33.4. The van der Waals surface area contributed by atoms with Crippen molar-refractivity contribution in [1.29, 1.82) is 0 Å². The van der Waals surface area contributed by atoms with Crippen molar-refractivity contribution < 1.29 is 0 Å². The van der Waals surface area contributed by atoms with E-state index in [0.29, 0.717) is 10.8 Å². The van der Waals surface area contributed by atoms with Gasteiger partial charge in [0.2, 0.25) is 0 Å². The Kier molecular flexibility index (Phi) is 39.2. The Balaban J connectivity index is -0.000000129. The molecule has 0 aliphatic carbocycles. The fourth-order valence-corrected chi connectivity index (χ4v) is 1.39. The van der Waals surface area contributed by atoms with Gasteiger partial charge >= 0.3 is 0 Å². The number of hydrogen-bond acceptors (Lipinski definition) is 6. The molecule has 3 rings (SSSR count). The number of hydrogen-bond donors (Lipinski definition) is 0. The third-order valence-electron chi connectivity index (χ3n) is 4.40. The van der Waals surface area contributed by atoms with Gasteiger partial charge < -0.3 is 0 Å². The Bertz CT molecular complexity index is 692. The zero-order chi connectivity index (χ0) is 33.2. The summed E-state index contributed by atoms with van der Waals surface area (Å²) in [4.78, 5) is 23.0. The maximum absolute atomic E-state index is 4.04. The Morgan fingerprint density at radius 1 is 0.439 bits per heavy atom. The van der Waals surface area contributed by atoms with Crippen LogP contribution in [-0.2, 0) is 6.42 Å². The molecule has 0 aromatic carbocycles. The van der Waals surface area contributed by atoms with Gasteiger partial charge in [0, 0.05) is 31.2 Å². The van der Waals surface area contributed by atoms with Crippen LogP contribution >= 0.6 is 0 Å². The van der Waals surface area contributed by atoms with Crippen molar-refractivity contribution in [3.05, 3.63) is 73.9 Å². The van der Waals surface area contributed by atoms with Gasteiger partial charge in [-0.2, -0.15) is 0 Å². The Hall–Kier alpha value is -2.76. The minimum Gasteiger partial charge on any atom is -0.265 e. The summed E-state index contributed by atoms with van der Waals surface area (Å²) in [6.45, 7) is 36.4. The zero-order valence-corrected chi connectivity index (χ0v) is 30.2. The molecule has 41 heavy (non-hydrogen) atoms. The van der Waals surface area contributed by atoms with Crippen LogP contribution in [0.25, 0.3) is 0 Å². The molecule has 0 atom stereocenters. The van der Waals surface area contributed by atoms with Gasteiger partial charge in [-0.3, -0.25) is 4.98 Å². The molecule has 0 unspecified atom stereocenters. The van der Waals surface area contributed by atoms with Gasteiger partial charge in [0.15, 0.2) is 0 Å². The number of rotatable bonds is 1. The van der Waals surface area contributed by atoms with E-state index in [1.807, 2.05) is 59.7 Å². The van der Waals surface area contributed by atoms with Crippen LogP contribution in [-0.4, -0.2) is 29.9 Å². The predicted molar refractivity (Wildman–Crippen MR) is 183 cm³/mol. The second-order valence-corrected chi connectivity index (χ2v) is 11.5. The molecular formula is C35H68N6. The Labute approximate surface area is 256 Å². The molecule has 3 aromatic rings. The molecule has 0 radical (unpaired) electrons. The van der Waals surface area contributed by atoms with E-state index in [0.717, 1.165) is 12.2 Å². The molecule has 0 spiro atoms.